The summed E-state index contributed by atoms with van der Waals surface area (Å²) < 4.78 is 0. The molecule has 122 valence electrons. The van der Waals surface area contributed by atoms with Crippen LogP contribution < -0.4 is 5.32 Å². The molecule has 2 fully saturated rings. The Balaban J connectivity index is 1.67. The Morgan fingerprint density at radius 1 is 1.04 bits per heavy atom. The number of hydrogen-bond donors (Lipinski definition) is 1. The molecule has 1 aromatic rings. The highest BCUT2D eigenvalue weighted by atomic mass is 16.2. The second-order valence-corrected chi connectivity index (χ2v) is 6.68. The van der Waals surface area contributed by atoms with Crippen molar-refractivity contribution in [1.82, 2.24) is 4.90 Å². The van der Waals surface area contributed by atoms with E-state index in [4.69, 9.17) is 0 Å². The van der Waals surface area contributed by atoms with Gasteiger partial charge in [0.1, 0.15) is 6.54 Å². The van der Waals surface area contributed by atoms with Crippen molar-refractivity contribution in [3.05, 3.63) is 29.3 Å². The van der Waals surface area contributed by atoms with Gasteiger partial charge in [0, 0.05) is 5.69 Å². The van der Waals surface area contributed by atoms with Crippen LogP contribution in [0.25, 0.3) is 0 Å². The minimum absolute atomic E-state index is 0.171. The number of hydrogen-bond acceptors (Lipinski definition) is 3. The SMILES string of the molecule is Cc1cc(C)cc(NC(=O)CN2C(=O)[C@@H]3CCCC[C@H]3C2=O)c1. The molecular formula is C18H22N2O3. The van der Waals surface area contributed by atoms with Crippen molar-refractivity contribution in [1.29, 1.82) is 0 Å². The molecule has 1 saturated heterocycles. The predicted molar refractivity (Wildman–Crippen MR) is 86.7 cm³/mol. The van der Waals surface area contributed by atoms with Crippen LogP contribution in [0.5, 0.6) is 0 Å². The third kappa shape index (κ3) is 3.14. The van der Waals surface area contributed by atoms with Gasteiger partial charge in [0.25, 0.3) is 0 Å². The number of nitrogens with zero attached hydrogens (tertiary/aromatic N) is 1. The molecule has 1 N–H and O–H groups in total. The van der Waals surface area contributed by atoms with Crippen molar-refractivity contribution in [2.45, 2.75) is 39.5 Å². The van der Waals surface area contributed by atoms with E-state index in [1.807, 2.05) is 32.0 Å². The zero-order chi connectivity index (χ0) is 16.6. The van der Waals surface area contributed by atoms with Crippen LogP contribution in [-0.2, 0) is 14.4 Å². The molecule has 0 bridgehead atoms. The summed E-state index contributed by atoms with van der Waals surface area (Å²) in [6.07, 6.45) is 3.51. The van der Waals surface area contributed by atoms with E-state index < -0.39 is 0 Å². The fourth-order valence-electron chi connectivity index (χ4n) is 3.78. The van der Waals surface area contributed by atoms with Crippen LogP contribution in [-0.4, -0.2) is 29.2 Å². The van der Waals surface area contributed by atoms with Gasteiger partial charge in [-0.2, -0.15) is 0 Å². The molecule has 1 heterocycles. The van der Waals surface area contributed by atoms with Gasteiger partial charge in [-0.25, -0.2) is 0 Å². The summed E-state index contributed by atoms with van der Waals surface area (Å²) in [5.74, 6) is -1.07. The first-order chi connectivity index (χ1) is 11.0. The monoisotopic (exact) mass is 314 g/mol. The molecule has 0 radical (unpaired) electrons. The van der Waals surface area contributed by atoms with Crippen molar-refractivity contribution in [2.24, 2.45) is 11.8 Å². The van der Waals surface area contributed by atoms with Gasteiger partial charge >= 0.3 is 0 Å². The minimum Gasteiger partial charge on any atom is -0.325 e. The van der Waals surface area contributed by atoms with Crippen LogP contribution in [0.1, 0.15) is 36.8 Å². The van der Waals surface area contributed by atoms with Crippen molar-refractivity contribution >= 4 is 23.4 Å². The third-order valence-corrected chi connectivity index (χ3v) is 4.74. The zero-order valence-electron chi connectivity index (χ0n) is 13.6. The summed E-state index contributed by atoms with van der Waals surface area (Å²) in [4.78, 5) is 38.1. The molecule has 0 unspecified atom stereocenters. The number of imide groups is 1. The summed E-state index contributed by atoms with van der Waals surface area (Å²) >= 11 is 0. The first-order valence-electron chi connectivity index (χ1n) is 8.19. The summed E-state index contributed by atoms with van der Waals surface area (Å²) in [5.41, 5.74) is 2.81. The molecule has 1 aliphatic heterocycles. The van der Waals surface area contributed by atoms with E-state index in [9.17, 15) is 14.4 Å². The number of anilines is 1. The maximum atomic E-state index is 12.4. The average Bonchev–Trinajstić information content (AvgIpc) is 2.72. The molecule has 5 heteroatoms. The molecule has 0 spiro atoms. The highest BCUT2D eigenvalue weighted by Gasteiger charge is 2.48. The van der Waals surface area contributed by atoms with Crippen molar-refractivity contribution in [3.8, 4) is 0 Å². The van der Waals surface area contributed by atoms with E-state index in [0.717, 1.165) is 41.7 Å². The number of amides is 3. The normalized spacial score (nSPS) is 23.8. The fraction of sp³-hybridized carbons (Fsp3) is 0.500. The van der Waals surface area contributed by atoms with Crippen LogP contribution >= 0.6 is 0 Å². The van der Waals surface area contributed by atoms with E-state index in [2.05, 4.69) is 5.32 Å². The third-order valence-electron chi connectivity index (χ3n) is 4.74. The Morgan fingerprint density at radius 2 is 1.57 bits per heavy atom. The molecule has 0 aromatic heterocycles. The van der Waals surface area contributed by atoms with Gasteiger partial charge in [-0.15, -0.1) is 0 Å². The van der Waals surface area contributed by atoms with Crippen molar-refractivity contribution in [3.63, 3.8) is 0 Å². The zero-order valence-corrected chi connectivity index (χ0v) is 13.6. The lowest BCUT2D eigenvalue weighted by Gasteiger charge is -2.19. The number of likely N-dealkylation sites (tertiary alicyclic amines) is 1. The Labute approximate surface area is 136 Å². The number of fused-ring (bicyclic) bond motifs is 1. The molecule has 1 saturated carbocycles. The molecule has 2 atom stereocenters. The molecule has 1 aromatic carbocycles. The summed E-state index contributed by atoms with van der Waals surface area (Å²) in [7, 11) is 0. The van der Waals surface area contributed by atoms with Crippen molar-refractivity contribution < 1.29 is 14.4 Å². The maximum absolute atomic E-state index is 12.4. The van der Waals surface area contributed by atoms with Gasteiger partial charge in [0.2, 0.25) is 17.7 Å². The van der Waals surface area contributed by atoms with Crippen LogP contribution in [0.4, 0.5) is 5.69 Å². The second-order valence-electron chi connectivity index (χ2n) is 6.68. The second kappa shape index (κ2) is 6.14. The van der Waals surface area contributed by atoms with E-state index in [1.165, 1.54) is 0 Å². The number of rotatable bonds is 3. The Bertz CT molecular complexity index is 624. The van der Waals surface area contributed by atoms with Gasteiger partial charge in [-0.1, -0.05) is 18.9 Å². The standard InChI is InChI=1S/C18H22N2O3/c1-11-7-12(2)9-13(8-11)19-16(21)10-20-17(22)14-5-3-4-6-15(14)18(20)23/h7-9,14-15H,3-6,10H2,1-2H3,(H,19,21)/t14-,15-/m1/s1. The quantitative estimate of drug-likeness (QED) is 0.871. The number of benzene rings is 1. The number of carbonyl (C=O) groups excluding carboxylic acids is 3. The lowest BCUT2D eigenvalue weighted by Crippen LogP contribution is -2.38. The van der Waals surface area contributed by atoms with E-state index in [-0.39, 0.29) is 36.1 Å². The summed E-state index contributed by atoms with van der Waals surface area (Å²) in [5, 5.41) is 2.79. The largest absolute Gasteiger partial charge is 0.325 e. The van der Waals surface area contributed by atoms with Crippen LogP contribution in [0.15, 0.2) is 18.2 Å². The van der Waals surface area contributed by atoms with Gasteiger partial charge in [0.05, 0.1) is 11.8 Å². The average molecular weight is 314 g/mol. The van der Waals surface area contributed by atoms with Crippen LogP contribution in [0, 0.1) is 25.7 Å². The predicted octanol–water partition coefficient (Wildman–Crippen LogP) is 2.42. The first-order valence-corrected chi connectivity index (χ1v) is 8.19. The topological polar surface area (TPSA) is 66.5 Å². The number of aryl methyl sites for hydroxylation is 2. The lowest BCUT2D eigenvalue weighted by molar-refractivity contribution is -0.142. The van der Waals surface area contributed by atoms with E-state index in [1.54, 1.807) is 0 Å². The summed E-state index contributed by atoms with van der Waals surface area (Å²) in [6, 6.07) is 5.77. The minimum atomic E-state index is -0.324. The highest BCUT2D eigenvalue weighted by Crippen LogP contribution is 2.37. The van der Waals surface area contributed by atoms with Gasteiger partial charge in [-0.3, -0.25) is 19.3 Å². The van der Waals surface area contributed by atoms with E-state index >= 15 is 0 Å². The Hall–Kier alpha value is -2.17. The molecule has 23 heavy (non-hydrogen) atoms. The smallest absolute Gasteiger partial charge is 0.244 e. The lowest BCUT2D eigenvalue weighted by atomic mass is 9.81. The Kier molecular flexibility index (Phi) is 4.20. The van der Waals surface area contributed by atoms with E-state index in [0.29, 0.717) is 5.69 Å². The molecule has 3 amide bonds. The van der Waals surface area contributed by atoms with Gasteiger partial charge in [-0.05, 0) is 49.9 Å². The maximum Gasteiger partial charge on any atom is 0.244 e. The molecular weight excluding hydrogens is 292 g/mol. The number of nitrogens with one attached hydrogen (secondary N) is 1. The van der Waals surface area contributed by atoms with Gasteiger partial charge in [0.15, 0.2) is 0 Å². The Morgan fingerprint density at radius 3 is 2.09 bits per heavy atom. The summed E-state index contributed by atoms with van der Waals surface area (Å²) in [6.45, 7) is 3.74. The molecule has 5 nitrogen and oxygen atoms in total. The number of carbonyl (C=O) groups is 3. The molecule has 2 aliphatic rings. The molecule has 3 rings (SSSR count). The van der Waals surface area contributed by atoms with Crippen molar-refractivity contribution in [2.75, 3.05) is 11.9 Å². The highest BCUT2D eigenvalue weighted by molar-refractivity contribution is 6.08. The fourth-order valence-corrected chi connectivity index (χ4v) is 3.78. The van der Waals surface area contributed by atoms with Crippen LogP contribution in [0.2, 0.25) is 0 Å². The first kappa shape index (κ1) is 15.7. The van der Waals surface area contributed by atoms with Crippen LogP contribution in [0.3, 0.4) is 0 Å². The molecule has 1 aliphatic carbocycles. The van der Waals surface area contributed by atoms with Gasteiger partial charge < -0.3 is 5.32 Å².